The molecule has 5 aliphatic rings. The summed E-state index contributed by atoms with van der Waals surface area (Å²) in [5.74, 6) is 1.49. The van der Waals surface area contributed by atoms with Gasteiger partial charge >= 0.3 is 5.97 Å². The number of allylic oxidation sites excluding steroid dienone is 1. The van der Waals surface area contributed by atoms with E-state index < -0.39 is 27.4 Å². The summed E-state index contributed by atoms with van der Waals surface area (Å²) in [6.07, 6.45) is 17.8. The maximum Gasteiger partial charge on any atom is 0.303 e. The van der Waals surface area contributed by atoms with E-state index >= 15 is 0 Å². The van der Waals surface area contributed by atoms with Crippen LogP contribution in [0.5, 0.6) is 11.5 Å². The molecule has 0 radical (unpaired) electrons. The predicted molar refractivity (Wildman–Crippen MR) is 219 cm³/mol. The molecule has 0 spiro atoms. The van der Waals surface area contributed by atoms with Crippen LogP contribution in [-0.2, 0) is 40.8 Å². The fourth-order valence-electron chi connectivity index (χ4n) is 10.2. The lowest BCUT2D eigenvalue weighted by Gasteiger charge is -2.47. The molecular formula is C45H57N4O6S+. The van der Waals surface area contributed by atoms with E-state index in [1.165, 1.54) is 22.1 Å². The SMILES string of the molecule is CCCCn1cc[n+](CCCCCC(=O)O)c1C1=c2cc3c4c(c2Oc2c1cc1c5c2CCCN5C(C)(C)C=C1CS(=O)(=O)[O-])CCC[N+]=4C(C)(C)C=C3CC. The fourth-order valence-corrected chi connectivity index (χ4v) is 10.9. The van der Waals surface area contributed by atoms with Crippen LogP contribution in [0, 0.1) is 0 Å². The molecule has 0 saturated heterocycles. The topological polar surface area (TPSA) is 119 Å². The molecular weight excluding hydrogens is 725 g/mol. The van der Waals surface area contributed by atoms with Crippen molar-refractivity contribution >= 4 is 38.5 Å². The summed E-state index contributed by atoms with van der Waals surface area (Å²) < 4.78 is 52.2. The monoisotopic (exact) mass is 781 g/mol. The minimum Gasteiger partial charge on any atom is -0.748 e. The fraction of sp³-hybridized carbons (Fsp3) is 0.533. The number of carbonyl (C=O) groups is 1. The zero-order valence-electron chi connectivity index (χ0n) is 34.0. The van der Waals surface area contributed by atoms with E-state index in [-0.39, 0.29) is 12.0 Å². The number of hydrogen-bond donors (Lipinski definition) is 1. The van der Waals surface area contributed by atoms with Gasteiger partial charge in [0, 0.05) is 55.1 Å². The van der Waals surface area contributed by atoms with E-state index in [1.807, 2.05) is 6.08 Å². The van der Waals surface area contributed by atoms with Crippen LogP contribution < -0.4 is 29.4 Å². The smallest absolute Gasteiger partial charge is 0.303 e. The highest BCUT2D eigenvalue weighted by atomic mass is 32.2. The highest BCUT2D eigenvalue weighted by molar-refractivity contribution is 7.86. The highest BCUT2D eigenvalue weighted by Gasteiger charge is 2.44. The van der Waals surface area contributed by atoms with Crippen LogP contribution in [0.2, 0.25) is 0 Å². The van der Waals surface area contributed by atoms with Crippen LogP contribution in [0.15, 0.2) is 36.7 Å². The molecule has 0 amide bonds. The number of benzene rings is 2. The van der Waals surface area contributed by atoms with Gasteiger partial charge in [0.1, 0.15) is 30.4 Å². The molecule has 2 aromatic carbocycles. The summed E-state index contributed by atoms with van der Waals surface area (Å²) in [7, 11) is -4.57. The molecule has 3 aromatic rings. The normalized spacial score (nSPS) is 18.7. The third-order valence-corrected chi connectivity index (χ3v) is 13.3. The first-order chi connectivity index (χ1) is 26.6. The molecule has 11 heteroatoms. The predicted octanol–water partition coefficient (Wildman–Crippen LogP) is 6.07. The molecule has 0 bridgehead atoms. The number of nitrogens with zero attached hydrogens (tertiary/aromatic N) is 4. The van der Waals surface area contributed by atoms with Crippen LogP contribution in [0.4, 0.5) is 5.69 Å². The first-order valence-corrected chi connectivity index (χ1v) is 22.4. The number of anilines is 1. The van der Waals surface area contributed by atoms with Gasteiger partial charge in [-0.2, -0.15) is 0 Å². The number of fused-ring (bicyclic) bond motifs is 4. The zero-order valence-corrected chi connectivity index (χ0v) is 34.8. The lowest BCUT2D eigenvalue weighted by Crippen LogP contribution is -2.53. The van der Waals surface area contributed by atoms with E-state index in [0.29, 0.717) is 12.0 Å². The number of carboxylic acids is 1. The molecule has 0 unspecified atom stereocenters. The van der Waals surface area contributed by atoms with Crippen molar-refractivity contribution in [1.82, 2.24) is 9.14 Å². The molecule has 6 heterocycles. The molecule has 1 aromatic heterocycles. The second-order valence-corrected chi connectivity index (χ2v) is 18.9. The number of rotatable bonds is 13. The van der Waals surface area contributed by atoms with Crippen LogP contribution in [0.25, 0.3) is 16.7 Å². The highest BCUT2D eigenvalue weighted by Crippen LogP contribution is 2.52. The van der Waals surface area contributed by atoms with E-state index in [0.717, 1.165) is 134 Å². The third-order valence-electron chi connectivity index (χ3n) is 12.7. The summed E-state index contributed by atoms with van der Waals surface area (Å²) in [4.78, 5) is 13.7. The Morgan fingerprint density at radius 2 is 1.73 bits per heavy atom. The first-order valence-electron chi connectivity index (χ1n) is 20.8. The minimum absolute atomic E-state index is 0.138. The van der Waals surface area contributed by atoms with Gasteiger partial charge in [0.15, 0.2) is 5.54 Å². The second kappa shape index (κ2) is 14.3. The number of carboxylic acid groups (broad SMARTS) is 1. The molecule has 1 N–H and O–H groups in total. The molecule has 0 aliphatic carbocycles. The lowest BCUT2D eigenvalue weighted by atomic mass is 9.79. The van der Waals surface area contributed by atoms with Crippen LogP contribution >= 0.6 is 0 Å². The Labute approximate surface area is 331 Å². The van der Waals surface area contributed by atoms with Gasteiger partial charge < -0.3 is 19.3 Å². The van der Waals surface area contributed by atoms with Crippen LogP contribution in [0.1, 0.15) is 133 Å². The number of ether oxygens (including phenoxy) is 1. The number of aromatic nitrogens is 2. The van der Waals surface area contributed by atoms with Crippen molar-refractivity contribution < 1.29 is 32.2 Å². The summed E-state index contributed by atoms with van der Waals surface area (Å²) >= 11 is 0. The van der Waals surface area contributed by atoms with E-state index in [1.54, 1.807) is 0 Å². The van der Waals surface area contributed by atoms with Gasteiger partial charge in [-0.3, -0.25) is 4.79 Å². The molecule has 0 saturated carbocycles. The standard InChI is InChI=1S/C45H56N4O6S/c1-7-9-18-46-22-23-47(19-12-10-11-17-37(50)51)43(46)38-35-24-33-29(8-2)26-44(3,4)48-20-13-15-31(39(33)48)41(35)55-42-32-16-14-21-49-40(32)34(25-36(38)42)30(27-45(49,5)6)28-56(52,53)54/h22-27H,7-21,28H2,1-6H3/p+1. The van der Waals surface area contributed by atoms with Crippen molar-refractivity contribution in [3.05, 3.63) is 80.9 Å². The Balaban J connectivity index is 1.48. The van der Waals surface area contributed by atoms with Gasteiger partial charge in [-0.1, -0.05) is 26.3 Å². The van der Waals surface area contributed by atoms with E-state index in [2.05, 4.69) is 90.8 Å². The van der Waals surface area contributed by atoms with Crippen molar-refractivity contribution in [2.45, 2.75) is 136 Å². The average molecular weight is 782 g/mol. The first kappa shape index (κ1) is 38.6. The maximum atomic E-state index is 12.5. The van der Waals surface area contributed by atoms with Crippen LogP contribution in [-0.4, -0.2) is 58.5 Å². The quantitative estimate of drug-likeness (QED) is 0.0995. The molecule has 5 aliphatic heterocycles. The number of aryl methyl sites for hydroxylation is 2. The van der Waals surface area contributed by atoms with Crippen LogP contribution in [0.3, 0.4) is 0 Å². The number of aliphatic carboxylic acids is 1. The van der Waals surface area contributed by atoms with Crippen molar-refractivity contribution in [3.63, 3.8) is 0 Å². The average Bonchev–Trinajstić information content (AvgIpc) is 3.53. The van der Waals surface area contributed by atoms with Gasteiger partial charge in [-0.05, 0) is 94.6 Å². The Morgan fingerprint density at radius 3 is 2.46 bits per heavy atom. The number of imidazole rings is 1. The number of unbranched alkanes of at least 4 members (excludes halogenated alkanes) is 3. The minimum atomic E-state index is -4.57. The Morgan fingerprint density at radius 1 is 0.946 bits per heavy atom. The summed E-state index contributed by atoms with van der Waals surface area (Å²) in [6.45, 7) is 16.6. The van der Waals surface area contributed by atoms with Crippen molar-refractivity contribution in [2.75, 3.05) is 23.7 Å². The zero-order chi connectivity index (χ0) is 39.7. The van der Waals surface area contributed by atoms with Gasteiger partial charge in [0.25, 0.3) is 5.82 Å². The molecule has 298 valence electrons. The van der Waals surface area contributed by atoms with E-state index in [9.17, 15) is 22.9 Å². The summed E-state index contributed by atoms with van der Waals surface area (Å²) in [5, 5.41) is 11.6. The molecule has 0 atom stereocenters. The second-order valence-electron chi connectivity index (χ2n) is 17.5. The molecule has 56 heavy (non-hydrogen) atoms. The van der Waals surface area contributed by atoms with Gasteiger partial charge in [0.05, 0.1) is 56.9 Å². The maximum absolute atomic E-state index is 12.5. The van der Waals surface area contributed by atoms with Gasteiger partial charge in [0.2, 0.25) is 5.36 Å². The third kappa shape index (κ3) is 6.62. The Bertz CT molecular complexity index is 2450. The molecule has 10 nitrogen and oxygen atoms in total. The Hall–Kier alpha value is -4.22. The van der Waals surface area contributed by atoms with Crippen molar-refractivity contribution in [3.8, 4) is 11.5 Å². The van der Waals surface area contributed by atoms with Crippen molar-refractivity contribution in [2.24, 2.45) is 0 Å². The van der Waals surface area contributed by atoms with E-state index in [4.69, 9.17) is 4.74 Å². The lowest BCUT2D eigenvalue weighted by molar-refractivity contribution is -0.699. The van der Waals surface area contributed by atoms with Gasteiger partial charge in [-0.15, -0.1) is 0 Å². The number of hydrogen-bond acceptors (Lipinski definition) is 6. The Kier molecular flexibility index (Phi) is 9.87. The summed E-state index contributed by atoms with van der Waals surface area (Å²) in [6, 6.07) is 4.49. The molecule has 8 rings (SSSR count). The largest absolute Gasteiger partial charge is 0.748 e. The van der Waals surface area contributed by atoms with Crippen molar-refractivity contribution in [1.29, 1.82) is 0 Å². The molecule has 0 fully saturated rings. The van der Waals surface area contributed by atoms with Gasteiger partial charge in [-0.25, -0.2) is 22.1 Å². The summed E-state index contributed by atoms with van der Waals surface area (Å²) in [5.41, 5.74) is 8.61.